The second-order valence-corrected chi connectivity index (χ2v) is 7.31. The van der Waals surface area contributed by atoms with Crippen LogP contribution >= 0.6 is 12.4 Å². The van der Waals surface area contributed by atoms with Crippen molar-refractivity contribution in [2.24, 2.45) is 5.73 Å². The molecule has 0 bridgehead atoms. The van der Waals surface area contributed by atoms with Gasteiger partial charge in [-0.3, -0.25) is 4.79 Å². The summed E-state index contributed by atoms with van der Waals surface area (Å²) in [6.45, 7) is 6.63. The van der Waals surface area contributed by atoms with Crippen LogP contribution in [0.15, 0.2) is 24.3 Å². The molecule has 8 heteroatoms. The zero-order valence-electron chi connectivity index (χ0n) is 17.1. The smallest absolute Gasteiger partial charge is 0.227 e. The van der Waals surface area contributed by atoms with Crippen molar-refractivity contribution in [2.45, 2.75) is 45.6 Å². The highest BCUT2D eigenvalue weighted by Crippen LogP contribution is 2.21. The van der Waals surface area contributed by atoms with E-state index in [1.165, 1.54) is 12.1 Å². The van der Waals surface area contributed by atoms with Crippen LogP contribution in [0.5, 0.6) is 0 Å². The van der Waals surface area contributed by atoms with Crippen LogP contribution in [-0.4, -0.2) is 52.9 Å². The lowest BCUT2D eigenvalue weighted by Gasteiger charge is -2.32. The fourth-order valence-corrected chi connectivity index (χ4v) is 3.63. The van der Waals surface area contributed by atoms with Crippen molar-refractivity contribution in [3.63, 3.8) is 0 Å². The number of aromatic nitrogens is 2. The highest BCUT2D eigenvalue weighted by molar-refractivity contribution is 5.85. The quantitative estimate of drug-likeness (QED) is 0.693. The molecule has 0 radical (unpaired) electrons. The van der Waals surface area contributed by atoms with Gasteiger partial charge >= 0.3 is 0 Å². The molecule has 1 aliphatic heterocycles. The largest absolute Gasteiger partial charge is 0.378 e. The maximum atomic E-state index is 13.2. The first-order chi connectivity index (χ1) is 13.5. The van der Waals surface area contributed by atoms with E-state index >= 15 is 0 Å². The van der Waals surface area contributed by atoms with Crippen molar-refractivity contribution in [3.8, 4) is 5.69 Å². The standard InChI is InChI=1S/C21H29FN4O2.ClH/c1-15-20(16(2)26(24-15)18-6-4-17(22)5-7-18)14-21(27)25-11-8-19(9-12-25)28-13-3-10-23;/h4-7,19H,3,8-14,23H2,1-2H3;1H. The summed E-state index contributed by atoms with van der Waals surface area (Å²) >= 11 is 0. The van der Waals surface area contributed by atoms with Gasteiger partial charge in [-0.1, -0.05) is 0 Å². The van der Waals surface area contributed by atoms with Gasteiger partial charge in [0.1, 0.15) is 5.82 Å². The van der Waals surface area contributed by atoms with Gasteiger partial charge in [0, 0.05) is 31.0 Å². The van der Waals surface area contributed by atoms with E-state index < -0.39 is 0 Å². The predicted octanol–water partition coefficient (Wildman–Crippen LogP) is 2.95. The Labute approximate surface area is 177 Å². The molecule has 2 aromatic rings. The first kappa shape index (κ1) is 23.3. The molecule has 6 nitrogen and oxygen atoms in total. The number of hydrogen-bond donors (Lipinski definition) is 1. The zero-order chi connectivity index (χ0) is 20.1. The minimum Gasteiger partial charge on any atom is -0.378 e. The molecule has 0 spiro atoms. The van der Waals surface area contributed by atoms with E-state index in [0.717, 1.165) is 55.0 Å². The van der Waals surface area contributed by atoms with E-state index in [-0.39, 0.29) is 30.2 Å². The van der Waals surface area contributed by atoms with Crippen LogP contribution in [0.4, 0.5) is 4.39 Å². The molecule has 2 heterocycles. The van der Waals surface area contributed by atoms with Crippen molar-refractivity contribution in [2.75, 3.05) is 26.2 Å². The third kappa shape index (κ3) is 5.78. The highest BCUT2D eigenvalue weighted by atomic mass is 35.5. The lowest BCUT2D eigenvalue weighted by molar-refractivity contribution is -0.133. The normalized spacial score (nSPS) is 14.7. The van der Waals surface area contributed by atoms with Crippen LogP contribution in [0, 0.1) is 19.7 Å². The van der Waals surface area contributed by atoms with Crippen molar-refractivity contribution in [1.82, 2.24) is 14.7 Å². The number of benzene rings is 1. The molecule has 29 heavy (non-hydrogen) atoms. The average molecular weight is 425 g/mol. The topological polar surface area (TPSA) is 73.4 Å². The molecule has 1 amide bonds. The Morgan fingerprint density at radius 1 is 1.24 bits per heavy atom. The number of halogens is 2. The first-order valence-corrected chi connectivity index (χ1v) is 9.90. The number of rotatable bonds is 7. The molecule has 3 rings (SSSR count). The molecule has 0 atom stereocenters. The van der Waals surface area contributed by atoms with Crippen LogP contribution in [0.2, 0.25) is 0 Å². The number of carbonyl (C=O) groups is 1. The molecule has 1 aromatic heterocycles. The van der Waals surface area contributed by atoms with Gasteiger partial charge in [0.25, 0.3) is 0 Å². The van der Waals surface area contributed by atoms with Crippen LogP contribution in [0.3, 0.4) is 0 Å². The molecule has 0 saturated carbocycles. The highest BCUT2D eigenvalue weighted by Gasteiger charge is 2.25. The average Bonchev–Trinajstić information content (AvgIpc) is 2.97. The number of ether oxygens (including phenoxy) is 1. The number of likely N-dealkylation sites (tertiary alicyclic amines) is 1. The molecule has 1 aromatic carbocycles. The van der Waals surface area contributed by atoms with Gasteiger partial charge in [-0.25, -0.2) is 9.07 Å². The van der Waals surface area contributed by atoms with Crippen molar-refractivity contribution >= 4 is 18.3 Å². The Balaban J connectivity index is 0.00000300. The van der Waals surface area contributed by atoms with E-state index in [1.54, 1.807) is 16.8 Å². The Morgan fingerprint density at radius 2 is 1.90 bits per heavy atom. The lowest BCUT2D eigenvalue weighted by Crippen LogP contribution is -2.41. The minimum absolute atomic E-state index is 0. The third-order valence-corrected chi connectivity index (χ3v) is 5.34. The van der Waals surface area contributed by atoms with Crippen molar-refractivity contribution < 1.29 is 13.9 Å². The van der Waals surface area contributed by atoms with E-state index in [0.29, 0.717) is 19.6 Å². The summed E-state index contributed by atoms with van der Waals surface area (Å²) in [5, 5.41) is 4.56. The molecule has 1 aliphatic rings. The third-order valence-electron chi connectivity index (χ3n) is 5.34. The van der Waals surface area contributed by atoms with Gasteiger partial charge in [-0.15, -0.1) is 12.4 Å². The van der Waals surface area contributed by atoms with E-state index in [9.17, 15) is 9.18 Å². The Kier molecular flexibility index (Phi) is 8.61. The zero-order valence-corrected chi connectivity index (χ0v) is 17.9. The summed E-state index contributed by atoms with van der Waals surface area (Å²) < 4.78 is 20.8. The van der Waals surface area contributed by atoms with E-state index in [2.05, 4.69) is 5.10 Å². The summed E-state index contributed by atoms with van der Waals surface area (Å²) in [7, 11) is 0. The van der Waals surface area contributed by atoms with E-state index in [1.807, 2.05) is 18.7 Å². The summed E-state index contributed by atoms with van der Waals surface area (Å²) in [5.74, 6) is -0.165. The number of hydrogen-bond acceptors (Lipinski definition) is 4. The van der Waals surface area contributed by atoms with Gasteiger partial charge in [-0.05, 0) is 63.9 Å². The molecule has 0 aliphatic carbocycles. The van der Waals surface area contributed by atoms with Gasteiger partial charge in [-0.2, -0.15) is 5.10 Å². The predicted molar refractivity (Wildman–Crippen MR) is 113 cm³/mol. The van der Waals surface area contributed by atoms with Crippen molar-refractivity contribution in [1.29, 1.82) is 0 Å². The van der Waals surface area contributed by atoms with Crippen LogP contribution < -0.4 is 5.73 Å². The molecule has 1 saturated heterocycles. The maximum Gasteiger partial charge on any atom is 0.227 e. The molecule has 0 unspecified atom stereocenters. The first-order valence-electron chi connectivity index (χ1n) is 9.90. The Hall–Kier alpha value is -1.96. The SMILES string of the molecule is Cc1nn(-c2ccc(F)cc2)c(C)c1CC(=O)N1CCC(OCCCN)CC1.Cl. The number of nitrogens with zero attached hydrogens (tertiary/aromatic N) is 3. The molecule has 160 valence electrons. The Morgan fingerprint density at radius 3 is 2.52 bits per heavy atom. The van der Waals surface area contributed by atoms with Crippen LogP contribution in [0.25, 0.3) is 5.69 Å². The van der Waals surface area contributed by atoms with Gasteiger partial charge in [0.05, 0.1) is 23.9 Å². The molecule has 2 N–H and O–H groups in total. The molecule has 1 fully saturated rings. The summed E-state index contributed by atoms with van der Waals surface area (Å²) in [6, 6.07) is 6.21. The number of carbonyl (C=O) groups excluding carboxylic acids is 1. The number of amides is 1. The summed E-state index contributed by atoms with van der Waals surface area (Å²) in [6.07, 6.45) is 3.15. The second kappa shape index (κ2) is 10.7. The van der Waals surface area contributed by atoms with Crippen LogP contribution in [0.1, 0.15) is 36.2 Å². The molecular formula is C21H30ClFN4O2. The fraction of sp³-hybridized carbons (Fsp3) is 0.524. The monoisotopic (exact) mass is 424 g/mol. The van der Waals surface area contributed by atoms with Gasteiger partial charge in [0.2, 0.25) is 5.91 Å². The van der Waals surface area contributed by atoms with Gasteiger partial charge < -0.3 is 15.4 Å². The number of piperidine rings is 1. The summed E-state index contributed by atoms with van der Waals surface area (Å²) in [4.78, 5) is 14.7. The van der Waals surface area contributed by atoms with Crippen LogP contribution in [-0.2, 0) is 16.0 Å². The number of nitrogens with two attached hydrogens (primary N) is 1. The fourth-order valence-electron chi connectivity index (χ4n) is 3.63. The number of aryl methyl sites for hydroxylation is 1. The maximum absolute atomic E-state index is 13.2. The lowest BCUT2D eigenvalue weighted by atomic mass is 10.0. The summed E-state index contributed by atoms with van der Waals surface area (Å²) in [5.41, 5.74) is 8.96. The molecular weight excluding hydrogens is 395 g/mol. The van der Waals surface area contributed by atoms with Crippen molar-refractivity contribution in [3.05, 3.63) is 47.0 Å². The van der Waals surface area contributed by atoms with Gasteiger partial charge in [0.15, 0.2) is 0 Å². The second-order valence-electron chi connectivity index (χ2n) is 7.31. The van der Waals surface area contributed by atoms with E-state index in [4.69, 9.17) is 10.5 Å². The Bertz CT molecular complexity index is 802. The minimum atomic E-state index is -0.281.